The number of nitrogens with one attached hydrogen (secondary N) is 1. The van der Waals surface area contributed by atoms with Gasteiger partial charge in [-0.3, -0.25) is 5.32 Å². The summed E-state index contributed by atoms with van der Waals surface area (Å²) in [4.78, 5) is 23.2. The van der Waals surface area contributed by atoms with Gasteiger partial charge in [-0.15, -0.1) is 0 Å². The highest BCUT2D eigenvalue weighted by atomic mass is 19.1. The predicted molar refractivity (Wildman–Crippen MR) is 102 cm³/mol. The van der Waals surface area contributed by atoms with E-state index in [1.54, 1.807) is 0 Å². The molecule has 4 rings (SSSR count). The quantitative estimate of drug-likeness (QED) is 0.679. The van der Waals surface area contributed by atoms with Crippen molar-refractivity contribution in [3.05, 3.63) is 89.2 Å². The first kappa shape index (κ1) is 17.7. The molecular weight excluding hydrogens is 361 g/mol. The smallest absolute Gasteiger partial charge is 0.411 e. The van der Waals surface area contributed by atoms with Gasteiger partial charge in [-0.25, -0.2) is 14.0 Å². The average Bonchev–Trinajstić information content (AvgIpc) is 3.00. The number of carbonyl (C=O) groups excluding carboxylic acids is 1. The molecule has 0 unspecified atom stereocenters. The molecule has 5 nitrogen and oxygen atoms in total. The second-order valence-corrected chi connectivity index (χ2v) is 6.48. The van der Waals surface area contributed by atoms with Crippen LogP contribution in [0.4, 0.5) is 14.9 Å². The Morgan fingerprint density at radius 2 is 1.57 bits per heavy atom. The summed E-state index contributed by atoms with van der Waals surface area (Å²) in [7, 11) is 0. The number of rotatable bonds is 4. The highest BCUT2D eigenvalue weighted by Crippen LogP contribution is 2.44. The van der Waals surface area contributed by atoms with Crippen molar-refractivity contribution in [2.24, 2.45) is 0 Å². The van der Waals surface area contributed by atoms with Crippen molar-refractivity contribution in [3.63, 3.8) is 0 Å². The third-order valence-corrected chi connectivity index (χ3v) is 4.73. The van der Waals surface area contributed by atoms with Crippen molar-refractivity contribution in [1.29, 1.82) is 0 Å². The monoisotopic (exact) mass is 377 g/mol. The number of carboxylic acids is 1. The Hall–Kier alpha value is -3.67. The van der Waals surface area contributed by atoms with E-state index in [0.717, 1.165) is 34.4 Å². The lowest BCUT2D eigenvalue weighted by atomic mass is 9.98. The summed E-state index contributed by atoms with van der Waals surface area (Å²) in [6.45, 7) is 0.112. The predicted octanol–water partition coefficient (Wildman–Crippen LogP) is 4.88. The van der Waals surface area contributed by atoms with Crippen molar-refractivity contribution in [1.82, 2.24) is 0 Å². The number of hydrogen-bond donors (Lipinski definition) is 2. The molecule has 1 aliphatic rings. The maximum absolute atomic E-state index is 13.5. The molecule has 3 aromatic rings. The van der Waals surface area contributed by atoms with Crippen LogP contribution in [0, 0.1) is 5.82 Å². The van der Waals surface area contributed by atoms with Gasteiger partial charge in [-0.1, -0.05) is 48.5 Å². The minimum Gasteiger partial charge on any atom is -0.478 e. The highest BCUT2D eigenvalue weighted by molar-refractivity contribution is 5.91. The van der Waals surface area contributed by atoms with Gasteiger partial charge >= 0.3 is 12.1 Å². The molecule has 2 N–H and O–H groups in total. The van der Waals surface area contributed by atoms with Crippen LogP contribution >= 0.6 is 0 Å². The second-order valence-electron chi connectivity index (χ2n) is 6.48. The number of aromatic carboxylic acids is 1. The maximum Gasteiger partial charge on any atom is 0.411 e. The van der Waals surface area contributed by atoms with Crippen LogP contribution < -0.4 is 5.32 Å². The van der Waals surface area contributed by atoms with Crippen LogP contribution in [0.1, 0.15) is 27.4 Å². The van der Waals surface area contributed by atoms with Crippen LogP contribution in [0.25, 0.3) is 11.1 Å². The third-order valence-electron chi connectivity index (χ3n) is 4.73. The Labute approximate surface area is 160 Å². The molecule has 3 aromatic carbocycles. The van der Waals surface area contributed by atoms with Gasteiger partial charge in [-0.2, -0.15) is 0 Å². The molecule has 0 spiro atoms. The van der Waals surface area contributed by atoms with E-state index in [0.29, 0.717) is 0 Å². The minimum atomic E-state index is -1.28. The van der Waals surface area contributed by atoms with Crippen molar-refractivity contribution in [2.45, 2.75) is 5.92 Å². The fourth-order valence-corrected chi connectivity index (χ4v) is 3.54. The molecule has 0 aliphatic heterocycles. The maximum atomic E-state index is 13.5. The number of fused-ring (bicyclic) bond motifs is 3. The molecule has 0 aromatic heterocycles. The lowest BCUT2D eigenvalue weighted by Crippen LogP contribution is -2.18. The summed E-state index contributed by atoms with van der Waals surface area (Å²) in [6, 6.07) is 19.0. The number of anilines is 1. The normalized spacial score (nSPS) is 12.2. The van der Waals surface area contributed by atoms with E-state index in [4.69, 9.17) is 9.84 Å². The Morgan fingerprint density at radius 3 is 2.18 bits per heavy atom. The minimum absolute atomic E-state index is 0.0228. The zero-order valence-corrected chi connectivity index (χ0v) is 14.7. The van der Waals surface area contributed by atoms with Gasteiger partial charge in [-0.05, 0) is 40.5 Å². The van der Waals surface area contributed by atoms with Crippen LogP contribution in [0.5, 0.6) is 0 Å². The van der Waals surface area contributed by atoms with Crippen molar-refractivity contribution in [3.8, 4) is 11.1 Å². The van der Waals surface area contributed by atoms with Gasteiger partial charge in [0.05, 0.1) is 5.56 Å². The number of halogens is 1. The molecule has 0 saturated heterocycles. The van der Waals surface area contributed by atoms with Gasteiger partial charge in [0.15, 0.2) is 0 Å². The number of amides is 1. The standard InChI is InChI=1S/C22H16FNO4/c23-14-9-13(21(25)26)10-15(11-14)24-22(27)28-12-20-18-7-3-1-5-16(18)17-6-2-4-8-19(17)20/h1-11,20H,12H2,(H,24,27)(H,25,26). The molecular formula is C22H16FNO4. The van der Waals surface area contributed by atoms with E-state index < -0.39 is 17.9 Å². The Balaban J connectivity index is 1.49. The Morgan fingerprint density at radius 1 is 0.964 bits per heavy atom. The Bertz CT molecular complexity index is 1030. The van der Waals surface area contributed by atoms with E-state index in [1.165, 1.54) is 6.07 Å². The molecule has 0 atom stereocenters. The van der Waals surface area contributed by atoms with Gasteiger partial charge in [0.1, 0.15) is 12.4 Å². The van der Waals surface area contributed by atoms with Gasteiger partial charge in [0.25, 0.3) is 0 Å². The number of benzene rings is 3. The topological polar surface area (TPSA) is 75.6 Å². The lowest BCUT2D eigenvalue weighted by molar-refractivity contribution is 0.0696. The summed E-state index contributed by atoms with van der Waals surface area (Å²) in [5, 5.41) is 11.4. The molecule has 1 aliphatic carbocycles. The molecule has 28 heavy (non-hydrogen) atoms. The van der Waals surface area contributed by atoms with E-state index in [1.807, 2.05) is 48.5 Å². The fourth-order valence-electron chi connectivity index (χ4n) is 3.54. The summed E-state index contributed by atoms with van der Waals surface area (Å²) in [6.07, 6.45) is -0.774. The molecule has 0 bridgehead atoms. The van der Waals surface area contributed by atoms with Crippen LogP contribution in [0.15, 0.2) is 66.7 Å². The molecule has 6 heteroatoms. The summed E-state index contributed by atoms with van der Waals surface area (Å²) in [5.41, 5.74) is 4.15. The summed E-state index contributed by atoms with van der Waals surface area (Å²) >= 11 is 0. The second kappa shape index (κ2) is 7.15. The van der Waals surface area contributed by atoms with Crippen LogP contribution in [-0.2, 0) is 4.74 Å². The Kier molecular flexibility index (Phi) is 4.53. The molecule has 0 radical (unpaired) electrons. The van der Waals surface area contributed by atoms with E-state index in [2.05, 4.69) is 5.32 Å². The lowest BCUT2D eigenvalue weighted by Gasteiger charge is -2.14. The summed E-state index contributed by atoms with van der Waals surface area (Å²) < 4.78 is 18.9. The zero-order valence-electron chi connectivity index (χ0n) is 14.7. The first-order chi connectivity index (χ1) is 13.5. The van der Waals surface area contributed by atoms with E-state index in [9.17, 15) is 14.0 Å². The van der Waals surface area contributed by atoms with E-state index >= 15 is 0 Å². The fraction of sp³-hybridized carbons (Fsp3) is 0.0909. The number of ether oxygens (including phenoxy) is 1. The molecule has 1 amide bonds. The average molecular weight is 377 g/mol. The van der Waals surface area contributed by atoms with Crippen LogP contribution in [0.2, 0.25) is 0 Å². The van der Waals surface area contributed by atoms with Crippen molar-refractivity contribution >= 4 is 17.7 Å². The first-order valence-electron chi connectivity index (χ1n) is 8.69. The first-order valence-corrected chi connectivity index (χ1v) is 8.69. The van der Waals surface area contributed by atoms with Crippen molar-refractivity contribution < 1.29 is 23.8 Å². The summed E-state index contributed by atoms with van der Waals surface area (Å²) in [5.74, 6) is -2.14. The highest BCUT2D eigenvalue weighted by Gasteiger charge is 2.29. The number of carboxylic acid groups (broad SMARTS) is 1. The van der Waals surface area contributed by atoms with Gasteiger partial charge in [0.2, 0.25) is 0 Å². The number of carbonyl (C=O) groups is 2. The van der Waals surface area contributed by atoms with Gasteiger partial charge in [0, 0.05) is 11.6 Å². The molecule has 0 saturated carbocycles. The molecule has 0 heterocycles. The van der Waals surface area contributed by atoms with E-state index in [-0.39, 0.29) is 23.8 Å². The SMILES string of the molecule is O=C(Nc1cc(F)cc(C(=O)O)c1)OCC1c2ccccc2-c2ccccc21. The largest absolute Gasteiger partial charge is 0.478 e. The number of hydrogen-bond acceptors (Lipinski definition) is 3. The molecule has 0 fully saturated rings. The van der Waals surface area contributed by atoms with Crippen LogP contribution in [-0.4, -0.2) is 23.8 Å². The molecule has 140 valence electrons. The third kappa shape index (κ3) is 3.32. The zero-order chi connectivity index (χ0) is 19.7. The van der Waals surface area contributed by atoms with Gasteiger partial charge < -0.3 is 9.84 Å². The van der Waals surface area contributed by atoms with Crippen molar-refractivity contribution in [2.75, 3.05) is 11.9 Å². The van der Waals surface area contributed by atoms with Crippen LogP contribution in [0.3, 0.4) is 0 Å².